The van der Waals surface area contributed by atoms with E-state index in [1.165, 1.54) is 22.3 Å². The molecule has 1 saturated heterocycles. The topological polar surface area (TPSA) is 94.8 Å². The standard InChI is InChI=1S/C16H16N6O2S/c1-10-18-16(25-21-10)19-13-8-24-9-14(13)22-15(23)5-4-12(20-22)11-3-2-6-17-7-11/h2-7,13-14H,8-9H2,1H3,(H,18,19,21). The van der Waals surface area contributed by atoms with Crippen molar-refractivity contribution in [2.45, 2.75) is 19.0 Å². The Morgan fingerprint density at radius 2 is 2.24 bits per heavy atom. The molecule has 1 N–H and O–H groups in total. The maximum Gasteiger partial charge on any atom is 0.267 e. The first kappa shape index (κ1) is 15.9. The molecule has 2 unspecified atom stereocenters. The average Bonchev–Trinajstić information content (AvgIpc) is 3.25. The van der Waals surface area contributed by atoms with Gasteiger partial charge in [-0.05, 0) is 25.1 Å². The van der Waals surface area contributed by atoms with Crippen LogP contribution in [0.3, 0.4) is 0 Å². The SMILES string of the molecule is Cc1nsc(NC2COCC2n2nc(-c3cccnc3)ccc2=O)n1. The molecule has 3 aromatic heterocycles. The van der Waals surface area contributed by atoms with E-state index in [0.717, 1.165) is 16.5 Å². The molecule has 8 nitrogen and oxygen atoms in total. The Kier molecular flexibility index (Phi) is 4.24. The van der Waals surface area contributed by atoms with Crippen LogP contribution in [0, 0.1) is 6.92 Å². The van der Waals surface area contributed by atoms with Crippen molar-refractivity contribution in [1.29, 1.82) is 0 Å². The highest BCUT2D eigenvalue weighted by atomic mass is 32.1. The number of ether oxygens (including phenoxy) is 1. The zero-order valence-corrected chi connectivity index (χ0v) is 14.3. The molecule has 1 aliphatic heterocycles. The second-order valence-corrected chi connectivity index (χ2v) is 6.50. The van der Waals surface area contributed by atoms with Crippen molar-refractivity contribution in [1.82, 2.24) is 24.1 Å². The third-order valence-electron chi connectivity index (χ3n) is 3.98. The predicted molar refractivity (Wildman–Crippen MR) is 93.6 cm³/mol. The number of nitrogens with one attached hydrogen (secondary N) is 1. The van der Waals surface area contributed by atoms with Gasteiger partial charge in [-0.3, -0.25) is 9.78 Å². The molecule has 0 amide bonds. The second kappa shape index (κ2) is 6.69. The van der Waals surface area contributed by atoms with E-state index in [0.29, 0.717) is 18.9 Å². The first-order valence-corrected chi connectivity index (χ1v) is 8.63. The van der Waals surface area contributed by atoms with Gasteiger partial charge in [-0.15, -0.1) is 0 Å². The van der Waals surface area contributed by atoms with Crippen molar-refractivity contribution in [2.24, 2.45) is 0 Å². The van der Waals surface area contributed by atoms with Gasteiger partial charge in [0, 0.05) is 35.6 Å². The van der Waals surface area contributed by atoms with Crippen molar-refractivity contribution < 1.29 is 4.74 Å². The van der Waals surface area contributed by atoms with Gasteiger partial charge in [0.15, 0.2) is 0 Å². The third kappa shape index (κ3) is 3.28. The first-order chi connectivity index (χ1) is 12.2. The van der Waals surface area contributed by atoms with Crippen LogP contribution >= 0.6 is 11.5 Å². The van der Waals surface area contributed by atoms with Gasteiger partial charge in [0.2, 0.25) is 5.13 Å². The van der Waals surface area contributed by atoms with Crippen LogP contribution in [-0.2, 0) is 4.74 Å². The van der Waals surface area contributed by atoms with Crippen LogP contribution in [-0.4, -0.2) is 43.4 Å². The van der Waals surface area contributed by atoms with Crippen LogP contribution < -0.4 is 10.9 Å². The Morgan fingerprint density at radius 1 is 1.32 bits per heavy atom. The summed E-state index contributed by atoms with van der Waals surface area (Å²) < 4.78 is 11.2. The maximum absolute atomic E-state index is 12.4. The minimum absolute atomic E-state index is 0.0956. The van der Waals surface area contributed by atoms with Crippen molar-refractivity contribution >= 4 is 16.7 Å². The van der Waals surface area contributed by atoms with E-state index in [1.54, 1.807) is 18.5 Å². The van der Waals surface area contributed by atoms with Gasteiger partial charge in [0.1, 0.15) is 11.9 Å². The lowest BCUT2D eigenvalue weighted by Gasteiger charge is -2.20. The molecular weight excluding hydrogens is 340 g/mol. The highest BCUT2D eigenvalue weighted by Gasteiger charge is 2.32. The lowest BCUT2D eigenvalue weighted by Crippen LogP contribution is -2.37. The van der Waals surface area contributed by atoms with Gasteiger partial charge < -0.3 is 10.1 Å². The van der Waals surface area contributed by atoms with Crippen LogP contribution in [0.1, 0.15) is 11.9 Å². The first-order valence-electron chi connectivity index (χ1n) is 7.85. The van der Waals surface area contributed by atoms with Gasteiger partial charge in [-0.2, -0.15) is 9.47 Å². The number of pyridine rings is 1. The third-order valence-corrected chi connectivity index (χ3v) is 4.72. The van der Waals surface area contributed by atoms with E-state index in [1.807, 2.05) is 19.1 Å². The number of nitrogens with zero attached hydrogens (tertiary/aromatic N) is 5. The maximum atomic E-state index is 12.4. The molecule has 1 fully saturated rings. The molecule has 0 radical (unpaired) electrons. The average molecular weight is 356 g/mol. The summed E-state index contributed by atoms with van der Waals surface area (Å²) >= 11 is 1.29. The molecule has 1 aliphatic rings. The Balaban J connectivity index is 1.64. The number of hydrogen-bond acceptors (Lipinski definition) is 8. The molecule has 128 valence electrons. The fraction of sp³-hybridized carbons (Fsp3) is 0.312. The smallest absolute Gasteiger partial charge is 0.267 e. The van der Waals surface area contributed by atoms with Crippen LogP contribution in [0.15, 0.2) is 41.5 Å². The molecule has 0 aliphatic carbocycles. The molecule has 2 atom stereocenters. The summed E-state index contributed by atoms with van der Waals surface area (Å²) in [5.74, 6) is 0.719. The van der Waals surface area contributed by atoms with Gasteiger partial charge in [-0.25, -0.2) is 9.67 Å². The summed E-state index contributed by atoms with van der Waals surface area (Å²) in [6, 6.07) is 6.68. The van der Waals surface area contributed by atoms with Crippen LogP contribution in [0.5, 0.6) is 0 Å². The number of aryl methyl sites for hydroxylation is 1. The fourth-order valence-corrected chi connectivity index (χ4v) is 3.40. The van der Waals surface area contributed by atoms with Gasteiger partial charge >= 0.3 is 0 Å². The minimum Gasteiger partial charge on any atom is -0.377 e. The Labute approximate surface area is 147 Å². The number of hydrogen-bond donors (Lipinski definition) is 1. The summed E-state index contributed by atoms with van der Waals surface area (Å²) in [6.07, 6.45) is 3.43. The quantitative estimate of drug-likeness (QED) is 0.757. The van der Waals surface area contributed by atoms with E-state index in [4.69, 9.17) is 4.74 Å². The fourth-order valence-electron chi connectivity index (χ4n) is 2.77. The molecule has 0 aromatic carbocycles. The summed E-state index contributed by atoms with van der Waals surface area (Å²) in [5.41, 5.74) is 1.40. The van der Waals surface area contributed by atoms with Crippen molar-refractivity contribution in [3.05, 3.63) is 52.8 Å². The summed E-state index contributed by atoms with van der Waals surface area (Å²) in [6.45, 7) is 2.74. The second-order valence-electron chi connectivity index (χ2n) is 5.75. The summed E-state index contributed by atoms with van der Waals surface area (Å²) in [5, 5.41) is 8.55. The van der Waals surface area contributed by atoms with Gasteiger partial charge in [0.25, 0.3) is 5.56 Å². The molecule has 0 saturated carbocycles. The predicted octanol–water partition coefficient (Wildman–Crippen LogP) is 1.52. The zero-order valence-electron chi connectivity index (χ0n) is 13.5. The van der Waals surface area contributed by atoms with Gasteiger partial charge in [0.05, 0.1) is 24.9 Å². The number of rotatable bonds is 4. The molecule has 25 heavy (non-hydrogen) atoms. The Bertz CT molecular complexity index is 926. The molecule has 3 aromatic rings. The molecular formula is C16H16N6O2S. The normalized spacial score (nSPS) is 19.9. The zero-order chi connectivity index (χ0) is 17.2. The van der Waals surface area contributed by atoms with E-state index in [-0.39, 0.29) is 17.6 Å². The molecule has 4 heterocycles. The van der Waals surface area contributed by atoms with Crippen molar-refractivity contribution in [3.63, 3.8) is 0 Å². The summed E-state index contributed by atoms with van der Waals surface area (Å²) in [7, 11) is 0. The molecule has 0 spiro atoms. The lowest BCUT2D eigenvalue weighted by atomic mass is 10.1. The summed E-state index contributed by atoms with van der Waals surface area (Å²) in [4.78, 5) is 20.8. The van der Waals surface area contributed by atoms with Crippen LogP contribution in [0.2, 0.25) is 0 Å². The van der Waals surface area contributed by atoms with E-state index in [9.17, 15) is 4.79 Å². The van der Waals surface area contributed by atoms with E-state index >= 15 is 0 Å². The Morgan fingerprint density at radius 3 is 3.00 bits per heavy atom. The molecule has 4 rings (SSSR count). The van der Waals surface area contributed by atoms with Crippen molar-refractivity contribution in [3.8, 4) is 11.3 Å². The highest BCUT2D eigenvalue weighted by Crippen LogP contribution is 2.23. The Hall–Kier alpha value is -2.65. The van der Waals surface area contributed by atoms with Gasteiger partial charge in [-0.1, -0.05) is 0 Å². The molecule has 9 heteroatoms. The van der Waals surface area contributed by atoms with Crippen LogP contribution in [0.25, 0.3) is 11.3 Å². The minimum atomic E-state index is -0.215. The van der Waals surface area contributed by atoms with Crippen LogP contribution in [0.4, 0.5) is 5.13 Å². The molecule has 0 bridgehead atoms. The van der Waals surface area contributed by atoms with E-state index < -0.39 is 0 Å². The highest BCUT2D eigenvalue weighted by molar-refractivity contribution is 7.09. The largest absolute Gasteiger partial charge is 0.377 e. The van der Waals surface area contributed by atoms with Crippen molar-refractivity contribution in [2.75, 3.05) is 18.5 Å². The van der Waals surface area contributed by atoms with E-state index in [2.05, 4.69) is 24.8 Å². The monoisotopic (exact) mass is 356 g/mol. The number of anilines is 1. The number of aromatic nitrogens is 5. The lowest BCUT2D eigenvalue weighted by molar-refractivity contribution is 0.183.